The molecule has 0 unspecified atom stereocenters. The van der Waals surface area contributed by atoms with Gasteiger partial charge in [0.2, 0.25) is 0 Å². The number of unbranched alkanes of at least 4 members (excludes halogenated alkanes) is 14. The summed E-state index contributed by atoms with van der Waals surface area (Å²) in [7, 11) is -3.34. The van der Waals surface area contributed by atoms with E-state index in [1.54, 1.807) is 6.66 Å². The van der Waals surface area contributed by atoms with Gasteiger partial charge >= 0.3 is 152 Å². The second kappa shape index (κ2) is 14.5. The van der Waals surface area contributed by atoms with Gasteiger partial charge in [-0.3, -0.25) is 0 Å². The van der Waals surface area contributed by atoms with Crippen LogP contribution >= 0.6 is 7.06 Å². The summed E-state index contributed by atoms with van der Waals surface area (Å²) in [6, 6.07) is 0. The molecule has 0 aromatic carbocycles. The molecule has 0 amide bonds. The fraction of sp³-hybridized carbons (Fsp3) is 1.00. The van der Waals surface area contributed by atoms with Gasteiger partial charge in [-0.15, -0.1) is 0 Å². The van der Waals surface area contributed by atoms with Crippen LogP contribution in [0.25, 0.3) is 0 Å². The van der Waals surface area contributed by atoms with Crippen LogP contribution in [0.15, 0.2) is 0 Å². The van der Waals surface area contributed by atoms with Gasteiger partial charge in [-0.1, -0.05) is 0 Å². The Morgan fingerprint density at radius 2 is 0.708 bits per heavy atom. The third kappa shape index (κ3) is 17.2. The zero-order valence-corrected chi connectivity index (χ0v) is 18.0. The molecule has 0 aromatic rings. The van der Waals surface area contributed by atoms with Crippen LogP contribution in [0.3, 0.4) is 0 Å². The van der Waals surface area contributed by atoms with E-state index in [9.17, 15) is 9.79 Å². The molecule has 24 heavy (non-hydrogen) atoms. The summed E-state index contributed by atoms with van der Waals surface area (Å²) in [4.78, 5) is 21.2. The fourth-order valence-corrected chi connectivity index (χ4v) is 5.74. The summed E-state index contributed by atoms with van der Waals surface area (Å²) < 4.78 is 0. The SMILES string of the molecule is CCCCCCCCCCP(C)(O)(O)CCCCCCCCCC. The van der Waals surface area contributed by atoms with Gasteiger partial charge in [-0.2, -0.15) is 0 Å². The summed E-state index contributed by atoms with van der Waals surface area (Å²) in [6.07, 6.45) is 21.5. The van der Waals surface area contributed by atoms with E-state index in [1.165, 1.54) is 77.0 Å². The van der Waals surface area contributed by atoms with Gasteiger partial charge in [0.1, 0.15) is 0 Å². The Bertz CT molecular complexity index is 247. The van der Waals surface area contributed by atoms with Crippen molar-refractivity contribution in [3.8, 4) is 0 Å². The zero-order valence-electron chi connectivity index (χ0n) is 17.1. The Kier molecular flexibility index (Phi) is 14.7. The first-order chi connectivity index (χ1) is 11.4. The number of hydrogen-bond donors (Lipinski definition) is 2. The van der Waals surface area contributed by atoms with Gasteiger partial charge in [-0.05, 0) is 0 Å². The van der Waals surface area contributed by atoms with Crippen LogP contribution in [0.4, 0.5) is 0 Å². The second-order valence-electron chi connectivity index (χ2n) is 8.31. The second-order valence-corrected chi connectivity index (χ2v) is 13.0. The minimum absolute atomic E-state index is 0.650. The number of rotatable bonds is 18. The standard InChI is InChI=1S/C21H47O2P/c1-4-6-8-10-12-14-16-18-20-24(3,22,23)21-19-17-15-13-11-9-7-5-2/h22-23H,4-21H2,1-3H3. The van der Waals surface area contributed by atoms with Crippen molar-refractivity contribution in [1.29, 1.82) is 0 Å². The molecule has 2 nitrogen and oxygen atoms in total. The van der Waals surface area contributed by atoms with Gasteiger partial charge in [0.05, 0.1) is 0 Å². The summed E-state index contributed by atoms with van der Waals surface area (Å²) in [6.45, 7) is 6.26. The van der Waals surface area contributed by atoms with Crippen LogP contribution in [0.5, 0.6) is 0 Å². The predicted molar refractivity (Wildman–Crippen MR) is 112 cm³/mol. The Hall–Kier alpha value is 0.350. The first kappa shape index (κ1) is 24.4. The van der Waals surface area contributed by atoms with E-state index in [0.29, 0.717) is 12.3 Å². The average Bonchev–Trinajstić information content (AvgIpc) is 2.52. The van der Waals surface area contributed by atoms with Crippen LogP contribution in [0, 0.1) is 0 Å². The van der Waals surface area contributed by atoms with E-state index in [-0.39, 0.29) is 0 Å². The van der Waals surface area contributed by atoms with E-state index < -0.39 is 7.06 Å². The van der Waals surface area contributed by atoms with Crippen molar-refractivity contribution in [3.63, 3.8) is 0 Å². The minimum atomic E-state index is -3.34. The fourth-order valence-electron chi connectivity index (χ4n) is 3.43. The molecule has 0 fully saturated rings. The molecule has 0 aromatic heterocycles. The molecule has 0 saturated carbocycles. The van der Waals surface area contributed by atoms with Crippen LogP contribution in [-0.4, -0.2) is 28.8 Å². The van der Waals surface area contributed by atoms with Crippen molar-refractivity contribution in [2.45, 2.75) is 117 Å². The Balaban J connectivity index is 3.56. The van der Waals surface area contributed by atoms with Gasteiger partial charge in [0.15, 0.2) is 0 Å². The van der Waals surface area contributed by atoms with Crippen LogP contribution < -0.4 is 0 Å². The van der Waals surface area contributed by atoms with Gasteiger partial charge in [-0.25, -0.2) is 0 Å². The predicted octanol–water partition coefficient (Wildman–Crippen LogP) is 7.27. The van der Waals surface area contributed by atoms with E-state index in [2.05, 4.69) is 13.8 Å². The molecule has 0 bridgehead atoms. The zero-order chi connectivity index (χ0) is 18.2. The van der Waals surface area contributed by atoms with E-state index >= 15 is 0 Å². The van der Waals surface area contributed by atoms with Crippen molar-refractivity contribution in [1.82, 2.24) is 0 Å². The topological polar surface area (TPSA) is 40.5 Å². The Morgan fingerprint density at radius 1 is 0.458 bits per heavy atom. The Labute approximate surface area is 152 Å². The maximum atomic E-state index is 10.6. The van der Waals surface area contributed by atoms with Crippen molar-refractivity contribution in [2.24, 2.45) is 0 Å². The third-order valence-electron chi connectivity index (χ3n) is 5.19. The van der Waals surface area contributed by atoms with Crippen molar-refractivity contribution in [2.75, 3.05) is 19.0 Å². The van der Waals surface area contributed by atoms with Gasteiger partial charge in [0, 0.05) is 0 Å². The first-order valence-corrected chi connectivity index (χ1v) is 13.9. The summed E-state index contributed by atoms with van der Waals surface area (Å²) in [5.41, 5.74) is 0. The Morgan fingerprint density at radius 3 is 1.00 bits per heavy atom. The molecule has 148 valence electrons. The summed E-state index contributed by atoms with van der Waals surface area (Å²) in [5, 5.41) is 0. The molecular formula is C21H47O2P. The van der Waals surface area contributed by atoms with Crippen LogP contribution in [-0.2, 0) is 0 Å². The molecule has 0 spiro atoms. The number of hydrogen-bond acceptors (Lipinski definition) is 2. The average molecular weight is 363 g/mol. The van der Waals surface area contributed by atoms with Crippen LogP contribution in [0.2, 0.25) is 0 Å². The monoisotopic (exact) mass is 362 g/mol. The third-order valence-corrected chi connectivity index (χ3v) is 8.15. The van der Waals surface area contributed by atoms with E-state index in [4.69, 9.17) is 0 Å². The molecule has 0 radical (unpaired) electrons. The molecule has 0 atom stereocenters. The summed E-state index contributed by atoms with van der Waals surface area (Å²) >= 11 is 0. The van der Waals surface area contributed by atoms with Crippen molar-refractivity contribution < 1.29 is 9.79 Å². The molecule has 0 aliphatic carbocycles. The normalized spacial score (nSPS) is 13.8. The van der Waals surface area contributed by atoms with E-state index in [1.807, 2.05) is 0 Å². The molecule has 0 saturated heterocycles. The van der Waals surface area contributed by atoms with Gasteiger partial charge < -0.3 is 0 Å². The molecule has 0 aliphatic rings. The molecular weight excluding hydrogens is 315 g/mol. The summed E-state index contributed by atoms with van der Waals surface area (Å²) in [5.74, 6) is 0. The first-order valence-electron chi connectivity index (χ1n) is 10.9. The van der Waals surface area contributed by atoms with Crippen LogP contribution in [0.1, 0.15) is 117 Å². The maximum absolute atomic E-state index is 10.6. The molecule has 0 rings (SSSR count). The molecule has 3 heteroatoms. The van der Waals surface area contributed by atoms with Gasteiger partial charge in [0.25, 0.3) is 0 Å². The van der Waals surface area contributed by atoms with E-state index in [0.717, 1.165) is 25.7 Å². The molecule has 0 aliphatic heterocycles. The van der Waals surface area contributed by atoms with Crippen molar-refractivity contribution in [3.05, 3.63) is 0 Å². The quantitative estimate of drug-likeness (QED) is 0.199. The van der Waals surface area contributed by atoms with Crippen molar-refractivity contribution >= 4 is 7.06 Å². The molecule has 2 N–H and O–H groups in total. The molecule has 0 heterocycles.